The minimum absolute atomic E-state index is 0.0916. The number of unbranched alkanes of at least 4 members (excludes halogenated alkanes) is 31. The highest BCUT2D eigenvalue weighted by Gasteiger charge is 2.19. The third kappa shape index (κ3) is 61.2. The molecule has 6 heteroatoms. The van der Waals surface area contributed by atoms with Gasteiger partial charge < -0.3 is 14.2 Å². The summed E-state index contributed by atoms with van der Waals surface area (Å²) in [4.78, 5) is 38.3. The lowest BCUT2D eigenvalue weighted by atomic mass is 10.1. The quantitative estimate of drug-likeness (QED) is 0.0261. The van der Waals surface area contributed by atoms with E-state index in [0.717, 1.165) is 128 Å². The summed E-state index contributed by atoms with van der Waals surface area (Å²) in [7, 11) is 0. The van der Waals surface area contributed by atoms with Crippen molar-refractivity contribution in [2.75, 3.05) is 13.2 Å². The van der Waals surface area contributed by atoms with Crippen molar-refractivity contribution in [2.45, 2.75) is 316 Å². The van der Waals surface area contributed by atoms with Gasteiger partial charge in [0.25, 0.3) is 0 Å². The summed E-state index contributed by atoms with van der Waals surface area (Å²) in [5.41, 5.74) is 0. The van der Waals surface area contributed by atoms with Gasteiger partial charge in [-0.15, -0.1) is 0 Å². The molecular formula is C70H120O6. The van der Waals surface area contributed by atoms with Crippen LogP contribution in [0.2, 0.25) is 0 Å². The molecule has 0 saturated carbocycles. The lowest BCUT2D eigenvalue weighted by Crippen LogP contribution is -2.30. The molecule has 0 N–H and O–H groups in total. The predicted molar refractivity (Wildman–Crippen MR) is 330 cm³/mol. The van der Waals surface area contributed by atoms with Gasteiger partial charge >= 0.3 is 17.9 Å². The standard InChI is InChI=1S/C70H120O6/c1-4-7-10-13-16-19-22-25-28-30-32-34-35-37-38-40-42-45-48-51-54-57-60-63-69(72)75-66-67(65-74-68(71)62-59-56-53-50-47-44-27-24-21-18-15-12-9-6-3)76-70(73)64-61-58-55-52-49-46-43-41-39-36-33-31-29-26-23-20-17-14-11-8-5-2/h15,18,22-27,30-33,35,37,39,41,67H,4-14,16-17,19-21,28-29,34,36,38,40,42-66H2,1-3H3/b18-15-,25-22-,26-23-,27-24-,32-30-,33-31-,37-35-,41-39-. The Bertz CT molecular complexity index is 1490. The minimum atomic E-state index is -0.796. The number of allylic oxidation sites excluding steroid dienone is 16. The molecule has 0 rings (SSSR count). The average Bonchev–Trinajstić information content (AvgIpc) is 3.42. The zero-order valence-electron chi connectivity index (χ0n) is 50.0. The van der Waals surface area contributed by atoms with E-state index in [4.69, 9.17) is 14.2 Å². The van der Waals surface area contributed by atoms with Crippen LogP contribution in [0.3, 0.4) is 0 Å². The van der Waals surface area contributed by atoms with Gasteiger partial charge in [-0.1, -0.05) is 266 Å². The second-order valence-corrected chi connectivity index (χ2v) is 21.3. The highest BCUT2D eigenvalue weighted by atomic mass is 16.6. The summed E-state index contributed by atoms with van der Waals surface area (Å²) in [6.45, 7) is 6.57. The topological polar surface area (TPSA) is 78.9 Å². The molecule has 0 amide bonds. The molecule has 0 aromatic heterocycles. The van der Waals surface area contributed by atoms with E-state index >= 15 is 0 Å². The maximum atomic E-state index is 12.9. The summed E-state index contributed by atoms with van der Waals surface area (Å²) in [5, 5.41) is 0. The number of ether oxygens (including phenoxy) is 3. The number of hydrogen-bond acceptors (Lipinski definition) is 6. The Labute approximate surface area is 470 Å². The second kappa shape index (κ2) is 63.9. The van der Waals surface area contributed by atoms with Gasteiger partial charge in [0.1, 0.15) is 13.2 Å². The molecule has 0 bridgehead atoms. The fourth-order valence-electron chi connectivity index (χ4n) is 8.89. The molecule has 0 radical (unpaired) electrons. The minimum Gasteiger partial charge on any atom is -0.462 e. The first-order valence-corrected chi connectivity index (χ1v) is 32.2. The van der Waals surface area contributed by atoms with Crippen LogP contribution in [0.25, 0.3) is 0 Å². The molecule has 0 aromatic carbocycles. The average molecular weight is 1060 g/mol. The SMILES string of the molecule is CCCC/C=C\C/C=C\CCCCCCCC(=O)OCC(COC(=O)CCCCCCCCCC/C=C\C/C=C\C/C=C\CCCCCCC)OC(=O)CCCCCCCC/C=C\C/C=C\C/C=C\CCCCCCC. The van der Waals surface area contributed by atoms with Crippen molar-refractivity contribution in [3.05, 3.63) is 97.2 Å². The van der Waals surface area contributed by atoms with Crippen molar-refractivity contribution >= 4 is 17.9 Å². The molecule has 436 valence electrons. The highest BCUT2D eigenvalue weighted by molar-refractivity contribution is 5.71. The molecule has 6 nitrogen and oxygen atoms in total. The normalized spacial score (nSPS) is 12.7. The van der Waals surface area contributed by atoms with Crippen LogP contribution in [-0.2, 0) is 28.6 Å². The molecule has 1 unspecified atom stereocenters. The Hall–Kier alpha value is -3.67. The van der Waals surface area contributed by atoms with Gasteiger partial charge in [-0.2, -0.15) is 0 Å². The van der Waals surface area contributed by atoms with Crippen LogP contribution in [-0.4, -0.2) is 37.2 Å². The van der Waals surface area contributed by atoms with Crippen LogP contribution in [0.4, 0.5) is 0 Å². The Kier molecular flexibility index (Phi) is 60.8. The molecule has 0 spiro atoms. The first-order valence-electron chi connectivity index (χ1n) is 32.2. The van der Waals surface area contributed by atoms with E-state index in [1.165, 1.54) is 141 Å². The molecule has 76 heavy (non-hydrogen) atoms. The van der Waals surface area contributed by atoms with Gasteiger partial charge in [0.2, 0.25) is 0 Å². The lowest BCUT2D eigenvalue weighted by Gasteiger charge is -2.18. The van der Waals surface area contributed by atoms with Crippen molar-refractivity contribution in [1.82, 2.24) is 0 Å². The smallest absolute Gasteiger partial charge is 0.306 e. The molecule has 0 aromatic rings. The van der Waals surface area contributed by atoms with E-state index in [-0.39, 0.29) is 31.1 Å². The highest BCUT2D eigenvalue weighted by Crippen LogP contribution is 2.15. The number of esters is 3. The van der Waals surface area contributed by atoms with E-state index in [1.807, 2.05) is 0 Å². The molecule has 0 aliphatic carbocycles. The third-order valence-corrected chi connectivity index (χ3v) is 13.8. The fourth-order valence-corrected chi connectivity index (χ4v) is 8.89. The zero-order valence-corrected chi connectivity index (χ0v) is 50.0. The van der Waals surface area contributed by atoms with E-state index in [2.05, 4.69) is 118 Å². The van der Waals surface area contributed by atoms with Crippen LogP contribution in [0.1, 0.15) is 310 Å². The van der Waals surface area contributed by atoms with Crippen LogP contribution >= 0.6 is 0 Å². The molecule has 0 fully saturated rings. The maximum absolute atomic E-state index is 12.9. The van der Waals surface area contributed by atoms with Crippen molar-refractivity contribution < 1.29 is 28.6 Å². The van der Waals surface area contributed by atoms with Crippen molar-refractivity contribution in [3.8, 4) is 0 Å². The van der Waals surface area contributed by atoms with Gasteiger partial charge in [-0.25, -0.2) is 0 Å². The number of rotatable bonds is 58. The third-order valence-electron chi connectivity index (χ3n) is 13.8. The molecule has 0 aliphatic rings. The number of carbonyl (C=O) groups is 3. The summed E-state index contributed by atoms with van der Waals surface area (Å²) in [5.74, 6) is -0.917. The Morgan fingerprint density at radius 1 is 0.263 bits per heavy atom. The summed E-state index contributed by atoms with van der Waals surface area (Å²) in [6.07, 6.45) is 85.4. The number of hydrogen-bond donors (Lipinski definition) is 0. The van der Waals surface area contributed by atoms with Gasteiger partial charge in [0.15, 0.2) is 6.10 Å². The van der Waals surface area contributed by atoms with Gasteiger partial charge in [-0.3, -0.25) is 14.4 Å². The number of carbonyl (C=O) groups excluding carboxylic acids is 3. The van der Waals surface area contributed by atoms with Crippen LogP contribution < -0.4 is 0 Å². The Morgan fingerprint density at radius 3 is 0.776 bits per heavy atom. The van der Waals surface area contributed by atoms with E-state index in [0.29, 0.717) is 19.3 Å². The van der Waals surface area contributed by atoms with Crippen LogP contribution in [0.15, 0.2) is 97.2 Å². The second-order valence-electron chi connectivity index (χ2n) is 21.3. The summed E-state index contributed by atoms with van der Waals surface area (Å²) >= 11 is 0. The lowest BCUT2D eigenvalue weighted by molar-refractivity contribution is -0.167. The fraction of sp³-hybridized carbons (Fsp3) is 0.729. The van der Waals surface area contributed by atoms with Gasteiger partial charge in [0, 0.05) is 19.3 Å². The Morgan fingerprint density at radius 2 is 0.487 bits per heavy atom. The van der Waals surface area contributed by atoms with Crippen molar-refractivity contribution in [1.29, 1.82) is 0 Å². The summed E-state index contributed by atoms with van der Waals surface area (Å²) in [6, 6.07) is 0. The largest absolute Gasteiger partial charge is 0.462 e. The Balaban J connectivity index is 4.41. The zero-order chi connectivity index (χ0) is 55.0. The molecule has 0 heterocycles. The molecule has 0 aliphatic heterocycles. The first kappa shape index (κ1) is 72.3. The molecule has 1 atom stereocenters. The first-order chi connectivity index (χ1) is 37.5. The van der Waals surface area contributed by atoms with Gasteiger partial charge in [-0.05, 0) is 122 Å². The van der Waals surface area contributed by atoms with E-state index in [9.17, 15) is 14.4 Å². The monoisotopic (exact) mass is 1060 g/mol. The molecular weight excluding hydrogens is 937 g/mol. The van der Waals surface area contributed by atoms with Crippen LogP contribution in [0.5, 0.6) is 0 Å². The van der Waals surface area contributed by atoms with Crippen LogP contribution in [0, 0.1) is 0 Å². The predicted octanol–water partition coefficient (Wildman–Crippen LogP) is 22.0. The summed E-state index contributed by atoms with van der Waals surface area (Å²) < 4.78 is 16.9. The van der Waals surface area contributed by atoms with E-state index in [1.54, 1.807) is 0 Å². The van der Waals surface area contributed by atoms with Crippen molar-refractivity contribution in [2.24, 2.45) is 0 Å². The maximum Gasteiger partial charge on any atom is 0.306 e. The van der Waals surface area contributed by atoms with Gasteiger partial charge in [0.05, 0.1) is 0 Å². The van der Waals surface area contributed by atoms with Crippen molar-refractivity contribution in [3.63, 3.8) is 0 Å². The molecule has 0 saturated heterocycles. The van der Waals surface area contributed by atoms with E-state index < -0.39 is 6.10 Å².